The zero-order valence-corrected chi connectivity index (χ0v) is 11.4. The van der Waals surface area contributed by atoms with Crippen molar-refractivity contribution < 1.29 is 9.59 Å². The maximum atomic E-state index is 12.3. The Morgan fingerprint density at radius 1 is 1.35 bits per heavy atom. The molecule has 1 aliphatic rings. The molecule has 0 bridgehead atoms. The second-order valence-corrected chi connectivity index (χ2v) is 4.54. The predicted octanol–water partition coefficient (Wildman–Crippen LogP) is 1.08. The number of para-hydroxylation sites is 1. The van der Waals surface area contributed by atoms with E-state index in [2.05, 4.69) is 11.9 Å². The van der Waals surface area contributed by atoms with Crippen LogP contribution in [-0.4, -0.2) is 28.4 Å². The number of hydrogen-bond donors (Lipinski definition) is 2. The summed E-state index contributed by atoms with van der Waals surface area (Å²) in [5.74, 6) is -0.981. The third kappa shape index (κ3) is 2.60. The molecule has 1 aliphatic heterocycles. The van der Waals surface area contributed by atoms with Crippen LogP contribution in [0, 0.1) is 0 Å². The molecule has 0 radical (unpaired) electrons. The Kier molecular flexibility index (Phi) is 3.95. The van der Waals surface area contributed by atoms with Gasteiger partial charge in [0.1, 0.15) is 5.57 Å². The number of nitrogens with one attached hydrogen (secondary N) is 1. The minimum atomic E-state index is -0.524. The number of rotatable bonds is 3. The molecule has 2 rings (SSSR count). The minimum absolute atomic E-state index is 0.00153. The van der Waals surface area contributed by atoms with Crippen molar-refractivity contribution in [1.82, 2.24) is 10.2 Å². The Labute approximate surface area is 121 Å². The van der Waals surface area contributed by atoms with Gasteiger partial charge in [0.15, 0.2) is 5.11 Å². The summed E-state index contributed by atoms with van der Waals surface area (Å²) in [4.78, 5) is 25.4. The molecular formula is C14H13N3O2S. The molecule has 3 N–H and O–H groups in total. The van der Waals surface area contributed by atoms with Gasteiger partial charge < -0.3 is 5.73 Å². The summed E-state index contributed by atoms with van der Waals surface area (Å²) in [5, 5.41) is 2.56. The van der Waals surface area contributed by atoms with Crippen LogP contribution in [0.15, 0.2) is 42.5 Å². The largest absolute Gasteiger partial charge is 0.398 e. The van der Waals surface area contributed by atoms with Crippen LogP contribution < -0.4 is 11.1 Å². The van der Waals surface area contributed by atoms with Crippen LogP contribution in [0.1, 0.15) is 5.56 Å². The molecule has 0 aliphatic carbocycles. The van der Waals surface area contributed by atoms with E-state index in [9.17, 15) is 9.59 Å². The third-order valence-electron chi connectivity index (χ3n) is 2.79. The van der Waals surface area contributed by atoms with Crippen molar-refractivity contribution in [3.8, 4) is 0 Å². The van der Waals surface area contributed by atoms with Gasteiger partial charge in [-0.2, -0.15) is 0 Å². The van der Waals surface area contributed by atoms with Crippen molar-refractivity contribution in [3.05, 3.63) is 48.1 Å². The van der Waals surface area contributed by atoms with Gasteiger partial charge in [-0.3, -0.25) is 19.8 Å². The first-order valence-corrected chi connectivity index (χ1v) is 6.29. The van der Waals surface area contributed by atoms with Crippen LogP contribution in [0.4, 0.5) is 5.69 Å². The fourth-order valence-corrected chi connectivity index (χ4v) is 2.04. The normalized spacial score (nSPS) is 17.3. The second-order valence-electron chi connectivity index (χ2n) is 4.15. The molecular weight excluding hydrogens is 274 g/mol. The first-order valence-electron chi connectivity index (χ1n) is 5.89. The van der Waals surface area contributed by atoms with E-state index >= 15 is 0 Å². The number of amides is 2. The lowest BCUT2D eigenvalue weighted by atomic mass is 10.1. The van der Waals surface area contributed by atoms with Gasteiger partial charge in [-0.1, -0.05) is 24.3 Å². The van der Waals surface area contributed by atoms with Crippen LogP contribution in [0.25, 0.3) is 6.08 Å². The fourth-order valence-electron chi connectivity index (χ4n) is 1.79. The van der Waals surface area contributed by atoms with Crippen molar-refractivity contribution in [2.45, 2.75) is 0 Å². The van der Waals surface area contributed by atoms with Crippen molar-refractivity contribution in [1.29, 1.82) is 0 Å². The van der Waals surface area contributed by atoms with Crippen LogP contribution in [-0.2, 0) is 9.59 Å². The fraction of sp³-hybridized carbons (Fsp3) is 0.0714. The van der Waals surface area contributed by atoms with Gasteiger partial charge >= 0.3 is 0 Å². The Balaban J connectivity index is 2.42. The maximum Gasteiger partial charge on any atom is 0.265 e. The van der Waals surface area contributed by atoms with Crippen molar-refractivity contribution >= 4 is 40.9 Å². The molecule has 20 heavy (non-hydrogen) atoms. The van der Waals surface area contributed by atoms with Crippen LogP contribution in [0.3, 0.4) is 0 Å². The average molecular weight is 287 g/mol. The maximum absolute atomic E-state index is 12.3. The second kappa shape index (κ2) is 5.66. The number of nitrogen functional groups attached to an aromatic ring is 1. The summed E-state index contributed by atoms with van der Waals surface area (Å²) < 4.78 is 0. The van der Waals surface area contributed by atoms with Gasteiger partial charge in [0.2, 0.25) is 0 Å². The quantitative estimate of drug-likeness (QED) is 0.287. The molecule has 0 atom stereocenters. The van der Waals surface area contributed by atoms with E-state index < -0.39 is 11.8 Å². The monoisotopic (exact) mass is 287 g/mol. The molecule has 102 valence electrons. The van der Waals surface area contributed by atoms with E-state index in [1.165, 1.54) is 17.1 Å². The summed E-state index contributed by atoms with van der Waals surface area (Å²) in [6.07, 6.45) is 3.00. The number of nitrogens with zero attached hydrogens (tertiary/aromatic N) is 1. The lowest BCUT2D eigenvalue weighted by Gasteiger charge is -2.27. The Bertz CT molecular complexity index is 637. The van der Waals surface area contributed by atoms with E-state index in [0.717, 1.165) is 0 Å². The van der Waals surface area contributed by atoms with Gasteiger partial charge in [0, 0.05) is 12.2 Å². The van der Waals surface area contributed by atoms with Crippen molar-refractivity contribution in [2.24, 2.45) is 0 Å². The van der Waals surface area contributed by atoms with Crippen LogP contribution in [0.2, 0.25) is 0 Å². The van der Waals surface area contributed by atoms with Gasteiger partial charge in [0.05, 0.1) is 0 Å². The molecule has 1 fully saturated rings. The number of anilines is 1. The highest BCUT2D eigenvalue weighted by Crippen LogP contribution is 2.18. The molecule has 0 aromatic heterocycles. The highest BCUT2D eigenvalue weighted by Gasteiger charge is 2.32. The standard InChI is InChI=1S/C14H13N3O2S/c1-2-7-17-13(19)10(12(18)16-14(17)20)8-9-5-3-4-6-11(9)15/h2-6,8H,1,7,15H2,(H,16,18,20). The SMILES string of the molecule is C=CCN1C(=O)C(=Cc2ccccc2N)C(=O)NC1=S. The van der Waals surface area contributed by atoms with Gasteiger partial charge in [-0.05, 0) is 29.9 Å². The molecule has 1 heterocycles. The van der Waals surface area contributed by atoms with Crippen molar-refractivity contribution in [3.63, 3.8) is 0 Å². The number of nitrogens with two attached hydrogens (primary N) is 1. The highest BCUT2D eigenvalue weighted by atomic mass is 32.1. The lowest BCUT2D eigenvalue weighted by molar-refractivity contribution is -0.128. The summed E-state index contributed by atoms with van der Waals surface area (Å²) in [6.45, 7) is 3.80. The number of carbonyl (C=O) groups is 2. The molecule has 0 unspecified atom stereocenters. The van der Waals surface area contributed by atoms with E-state index in [1.54, 1.807) is 24.3 Å². The number of carbonyl (C=O) groups excluding carboxylic acids is 2. The molecule has 5 nitrogen and oxygen atoms in total. The predicted molar refractivity (Wildman–Crippen MR) is 81.5 cm³/mol. The first-order chi connectivity index (χ1) is 9.54. The lowest BCUT2D eigenvalue weighted by Crippen LogP contribution is -2.53. The zero-order chi connectivity index (χ0) is 14.7. The van der Waals surface area contributed by atoms with Gasteiger partial charge in [-0.25, -0.2) is 0 Å². The third-order valence-corrected chi connectivity index (χ3v) is 3.12. The van der Waals surface area contributed by atoms with Crippen LogP contribution in [0.5, 0.6) is 0 Å². The van der Waals surface area contributed by atoms with Crippen molar-refractivity contribution in [2.75, 3.05) is 12.3 Å². The van der Waals surface area contributed by atoms with Crippen LogP contribution >= 0.6 is 12.2 Å². The van der Waals surface area contributed by atoms with E-state index in [-0.39, 0.29) is 17.2 Å². The van der Waals surface area contributed by atoms with E-state index in [1.807, 2.05) is 0 Å². The Morgan fingerprint density at radius 2 is 2.05 bits per heavy atom. The number of thiocarbonyl (C=S) groups is 1. The minimum Gasteiger partial charge on any atom is -0.398 e. The summed E-state index contributed by atoms with van der Waals surface area (Å²) in [6, 6.07) is 6.98. The zero-order valence-electron chi connectivity index (χ0n) is 10.6. The molecule has 2 amide bonds. The number of hydrogen-bond acceptors (Lipinski definition) is 4. The van der Waals surface area contributed by atoms with Gasteiger partial charge in [0.25, 0.3) is 11.8 Å². The first kappa shape index (κ1) is 14.0. The molecule has 1 aromatic rings. The molecule has 1 aromatic carbocycles. The topological polar surface area (TPSA) is 75.4 Å². The van der Waals surface area contributed by atoms with E-state index in [4.69, 9.17) is 18.0 Å². The molecule has 6 heteroatoms. The summed E-state index contributed by atoms with van der Waals surface area (Å²) >= 11 is 4.96. The summed E-state index contributed by atoms with van der Waals surface area (Å²) in [5.41, 5.74) is 6.90. The van der Waals surface area contributed by atoms with Gasteiger partial charge in [-0.15, -0.1) is 6.58 Å². The molecule has 0 spiro atoms. The summed E-state index contributed by atoms with van der Waals surface area (Å²) in [7, 11) is 0. The Morgan fingerprint density at radius 3 is 2.70 bits per heavy atom. The smallest absolute Gasteiger partial charge is 0.265 e. The highest BCUT2D eigenvalue weighted by molar-refractivity contribution is 7.80. The Hall–Kier alpha value is -2.47. The molecule has 0 saturated carbocycles. The number of benzene rings is 1. The van der Waals surface area contributed by atoms with E-state index in [0.29, 0.717) is 11.3 Å². The average Bonchev–Trinajstić information content (AvgIpc) is 2.41. The molecule has 1 saturated heterocycles.